The second-order valence-corrected chi connectivity index (χ2v) is 8.17. The molecule has 0 unspecified atom stereocenters. The number of hydrogen-bond donors (Lipinski definition) is 1. The number of nitrogens with one attached hydrogen (secondary N) is 1. The molecule has 0 saturated heterocycles. The summed E-state index contributed by atoms with van der Waals surface area (Å²) in [7, 11) is 0. The van der Waals surface area contributed by atoms with Crippen molar-refractivity contribution in [3.63, 3.8) is 0 Å². The molecule has 1 N–H and O–H groups in total. The van der Waals surface area contributed by atoms with Crippen molar-refractivity contribution in [1.29, 1.82) is 0 Å². The van der Waals surface area contributed by atoms with Crippen LogP contribution in [0, 0.1) is 41.5 Å². The summed E-state index contributed by atoms with van der Waals surface area (Å²) < 4.78 is 0. The summed E-state index contributed by atoms with van der Waals surface area (Å²) in [5, 5.41) is 0. The second-order valence-electron chi connectivity index (χ2n) is 8.17. The van der Waals surface area contributed by atoms with E-state index >= 15 is 0 Å². The third-order valence-corrected chi connectivity index (χ3v) is 5.30. The van der Waals surface area contributed by atoms with E-state index in [1.54, 1.807) is 0 Å². The van der Waals surface area contributed by atoms with Crippen molar-refractivity contribution in [3.8, 4) is 0 Å². The molecule has 0 bridgehead atoms. The van der Waals surface area contributed by atoms with Crippen molar-refractivity contribution in [1.82, 2.24) is 4.98 Å². The van der Waals surface area contributed by atoms with Crippen LogP contribution >= 0.6 is 0 Å². The van der Waals surface area contributed by atoms with Crippen LogP contribution in [0.4, 0.5) is 11.4 Å². The quantitative estimate of drug-likeness (QED) is 0.463. The van der Waals surface area contributed by atoms with Gasteiger partial charge < -0.3 is 4.98 Å². The summed E-state index contributed by atoms with van der Waals surface area (Å²) in [6.45, 7) is 16.8. The molecule has 0 aliphatic heterocycles. The molecule has 2 aromatic carbocycles. The van der Waals surface area contributed by atoms with Crippen LogP contribution < -0.4 is 0 Å². The molecule has 0 amide bonds. The van der Waals surface area contributed by atoms with Crippen molar-refractivity contribution in [3.05, 3.63) is 81.2 Å². The van der Waals surface area contributed by atoms with Crippen molar-refractivity contribution in [2.24, 2.45) is 9.98 Å². The number of aliphatic imine (C=N–C) groups is 2. The smallest absolute Gasteiger partial charge is 0.0692 e. The van der Waals surface area contributed by atoms with Gasteiger partial charge in [0, 0.05) is 0 Å². The van der Waals surface area contributed by atoms with Crippen LogP contribution in [0.15, 0.2) is 46.4 Å². The van der Waals surface area contributed by atoms with E-state index in [0.29, 0.717) is 0 Å². The van der Waals surface area contributed by atoms with E-state index in [1.165, 1.54) is 33.4 Å². The van der Waals surface area contributed by atoms with Crippen LogP contribution in [0.1, 0.15) is 58.6 Å². The number of H-pyrrole nitrogens is 1. The van der Waals surface area contributed by atoms with Crippen LogP contribution in [0.3, 0.4) is 0 Å². The predicted molar refractivity (Wildman–Crippen MR) is 126 cm³/mol. The molecule has 3 nitrogen and oxygen atoms in total. The molecule has 0 fully saturated rings. The lowest BCUT2D eigenvalue weighted by atomic mass is 10.1. The minimum atomic E-state index is 0.974. The Bertz CT molecular complexity index is 993. The Labute approximate surface area is 174 Å². The first kappa shape index (κ1) is 20.8. The van der Waals surface area contributed by atoms with Gasteiger partial charge >= 0.3 is 0 Å². The fraction of sp³-hybridized carbons (Fsp3) is 0.308. The Kier molecular flexibility index (Phi) is 5.88. The summed E-state index contributed by atoms with van der Waals surface area (Å²) in [5.74, 6) is 0. The van der Waals surface area contributed by atoms with Crippen LogP contribution in [0.2, 0.25) is 0 Å². The maximum atomic E-state index is 4.91. The van der Waals surface area contributed by atoms with Gasteiger partial charge in [0.2, 0.25) is 0 Å². The van der Waals surface area contributed by atoms with E-state index < -0.39 is 0 Å². The van der Waals surface area contributed by atoms with Gasteiger partial charge in [-0.1, -0.05) is 35.4 Å². The predicted octanol–water partition coefficient (Wildman–Crippen LogP) is 7.15. The molecular formula is C26H31N3. The molecule has 0 saturated carbocycles. The molecule has 1 aromatic heterocycles. The third-order valence-electron chi connectivity index (χ3n) is 5.30. The molecule has 1 heterocycles. The molecule has 29 heavy (non-hydrogen) atoms. The van der Waals surface area contributed by atoms with Gasteiger partial charge in [0.1, 0.15) is 0 Å². The van der Waals surface area contributed by atoms with Crippen LogP contribution in [0.25, 0.3) is 0 Å². The molecule has 3 rings (SSSR count). The average molecular weight is 386 g/mol. The number of aryl methyl sites for hydroxylation is 6. The summed E-state index contributed by atoms with van der Waals surface area (Å²) in [4.78, 5) is 13.3. The highest BCUT2D eigenvalue weighted by atomic mass is 14.8. The average Bonchev–Trinajstić information content (AvgIpc) is 3.11. The minimum Gasteiger partial charge on any atom is -0.353 e. The van der Waals surface area contributed by atoms with Gasteiger partial charge in [-0.3, -0.25) is 9.98 Å². The largest absolute Gasteiger partial charge is 0.353 e. The van der Waals surface area contributed by atoms with Crippen LogP contribution in [0.5, 0.6) is 0 Å². The number of aromatic nitrogens is 1. The van der Waals surface area contributed by atoms with E-state index in [4.69, 9.17) is 9.98 Å². The molecular weight excluding hydrogens is 354 g/mol. The zero-order chi connectivity index (χ0) is 21.3. The molecule has 0 atom stereocenters. The zero-order valence-corrected chi connectivity index (χ0v) is 18.9. The lowest BCUT2D eigenvalue weighted by Gasteiger charge is -2.09. The Balaban J connectivity index is 1.93. The Morgan fingerprint density at radius 1 is 0.586 bits per heavy atom. The maximum absolute atomic E-state index is 4.91. The van der Waals surface area contributed by atoms with Gasteiger partial charge in [0.15, 0.2) is 0 Å². The van der Waals surface area contributed by atoms with E-state index in [2.05, 4.69) is 96.8 Å². The summed E-state index contributed by atoms with van der Waals surface area (Å²) in [5.41, 5.74) is 13.5. The number of aromatic amines is 1. The highest BCUT2D eigenvalue weighted by Crippen LogP contribution is 2.27. The van der Waals surface area contributed by atoms with Gasteiger partial charge in [-0.25, -0.2) is 0 Å². The van der Waals surface area contributed by atoms with Gasteiger partial charge in [0.05, 0.1) is 34.2 Å². The Morgan fingerprint density at radius 3 is 1.21 bits per heavy atom. The first-order chi connectivity index (χ1) is 13.7. The minimum absolute atomic E-state index is 0.974. The topological polar surface area (TPSA) is 40.5 Å². The van der Waals surface area contributed by atoms with Crippen LogP contribution in [-0.2, 0) is 0 Å². The van der Waals surface area contributed by atoms with E-state index in [0.717, 1.165) is 34.2 Å². The van der Waals surface area contributed by atoms with E-state index in [1.807, 2.05) is 0 Å². The third kappa shape index (κ3) is 4.56. The van der Waals surface area contributed by atoms with E-state index in [9.17, 15) is 0 Å². The molecule has 150 valence electrons. The lowest BCUT2D eigenvalue weighted by Crippen LogP contribution is -2.00. The van der Waals surface area contributed by atoms with Crippen molar-refractivity contribution in [2.45, 2.75) is 55.4 Å². The number of benzene rings is 2. The first-order valence-electron chi connectivity index (χ1n) is 10.1. The Morgan fingerprint density at radius 2 is 0.897 bits per heavy atom. The number of rotatable bonds is 4. The van der Waals surface area contributed by atoms with Gasteiger partial charge in [-0.2, -0.15) is 0 Å². The lowest BCUT2D eigenvalue weighted by molar-refractivity contribution is 1.26. The molecule has 3 aromatic rings. The fourth-order valence-electron chi connectivity index (χ4n) is 3.97. The molecule has 0 aliphatic carbocycles. The van der Waals surface area contributed by atoms with Crippen molar-refractivity contribution in [2.75, 3.05) is 0 Å². The molecule has 3 heteroatoms. The summed E-state index contributed by atoms with van der Waals surface area (Å²) >= 11 is 0. The monoisotopic (exact) mass is 385 g/mol. The van der Waals surface area contributed by atoms with Crippen LogP contribution in [-0.4, -0.2) is 16.4 Å². The summed E-state index contributed by atoms with van der Waals surface area (Å²) in [6, 6.07) is 12.9. The highest BCUT2D eigenvalue weighted by Gasteiger charge is 2.09. The first-order valence-corrected chi connectivity index (χ1v) is 10.1. The SMILES string of the molecule is CC(=Nc1c(C)cc(C)cc1C)c1ccc(C(C)=Nc2c(C)cc(C)cc2C)[nH]1. The van der Waals surface area contributed by atoms with Gasteiger partial charge in [0.25, 0.3) is 0 Å². The fourth-order valence-corrected chi connectivity index (χ4v) is 3.97. The molecule has 0 radical (unpaired) electrons. The van der Waals surface area contributed by atoms with Crippen molar-refractivity contribution >= 4 is 22.8 Å². The van der Waals surface area contributed by atoms with Gasteiger partial charge in [-0.15, -0.1) is 0 Å². The van der Waals surface area contributed by atoms with Gasteiger partial charge in [-0.05, 0) is 89.8 Å². The normalized spacial score (nSPS) is 12.6. The number of nitrogens with zero attached hydrogens (tertiary/aromatic N) is 2. The maximum Gasteiger partial charge on any atom is 0.0692 e. The standard InChI is InChI=1S/C26H31N3/c1-15-11-17(3)25(18(4)12-15)27-21(7)23-9-10-24(29-23)22(8)28-26-19(5)13-16(2)14-20(26)6/h9-14,29H,1-8H3. The number of hydrogen-bond acceptors (Lipinski definition) is 2. The highest BCUT2D eigenvalue weighted by molar-refractivity contribution is 6.03. The van der Waals surface area contributed by atoms with Crippen molar-refractivity contribution < 1.29 is 0 Å². The Hall–Kier alpha value is -2.94. The van der Waals surface area contributed by atoms with E-state index in [-0.39, 0.29) is 0 Å². The zero-order valence-electron chi connectivity index (χ0n) is 18.9. The molecule has 0 aliphatic rings. The summed E-state index contributed by atoms with van der Waals surface area (Å²) in [6.07, 6.45) is 0. The molecule has 0 spiro atoms. The second kappa shape index (κ2) is 8.20.